The number of nitrogens with two attached hydrogens (primary N) is 1. The Balaban J connectivity index is 2.01. The Bertz CT molecular complexity index is 570. The Morgan fingerprint density at radius 2 is 2.22 bits per heavy atom. The van der Waals surface area contributed by atoms with Crippen LogP contribution in [-0.4, -0.2) is 24.2 Å². The van der Waals surface area contributed by atoms with Crippen molar-refractivity contribution in [3.63, 3.8) is 0 Å². The van der Waals surface area contributed by atoms with Crippen LogP contribution in [0.1, 0.15) is 24.8 Å². The summed E-state index contributed by atoms with van der Waals surface area (Å²) < 4.78 is 10.9. The molecule has 2 aromatic rings. The van der Waals surface area contributed by atoms with Gasteiger partial charge in [-0.05, 0) is 31.0 Å². The van der Waals surface area contributed by atoms with Gasteiger partial charge in [-0.3, -0.25) is 0 Å². The third kappa shape index (κ3) is 1.82. The van der Waals surface area contributed by atoms with Crippen molar-refractivity contribution in [2.75, 3.05) is 13.2 Å². The molecule has 0 bridgehead atoms. The van der Waals surface area contributed by atoms with Gasteiger partial charge < -0.3 is 14.9 Å². The first-order valence-corrected chi connectivity index (χ1v) is 6.30. The van der Waals surface area contributed by atoms with Gasteiger partial charge in [0.05, 0.1) is 13.2 Å². The zero-order chi connectivity index (χ0) is 12.8. The molecule has 0 aliphatic carbocycles. The average molecular weight is 246 g/mol. The molecule has 4 nitrogen and oxygen atoms in total. The van der Waals surface area contributed by atoms with Crippen LogP contribution in [-0.2, 0) is 10.2 Å². The summed E-state index contributed by atoms with van der Waals surface area (Å²) in [6, 6.07) is 6.38. The number of aryl methyl sites for hydroxylation is 1. The van der Waals surface area contributed by atoms with E-state index in [0.29, 0.717) is 5.89 Å². The Kier molecular flexibility index (Phi) is 2.64. The van der Waals surface area contributed by atoms with Crippen molar-refractivity contribution in [1.82, 2.24) is 4.98 Å². The van der Waals surface area contributed by atoms with E-state index in [4.69, 9.17) is 14.9 Å². The maximum Gasteiger partial charge on any atom is 0.192 e. The van der Waals surface area contributed by atoms with Crippen LogP contribution in [0.5, 0.6) is 0 Å². The molecule has 1 fully saturated rings. The zero-order valence-corrected chi connectivity index (χ0v) is 10.8. The van der Waals surface area contributed by atoms with E-state index in [1.807, 2.05) is 19.9 Å². The number of aromatic nitrogens is 1. The molecule has 18 heavy (non-hydrogen) atoms. The van der Waals surface area contributed by atoms with Crippen LogP contribution >= 0.6 is 0 Å². The van der Waals surface area contributed by atoms with Crippen molar-refractivity contribution in [1.29, 1.82) is 0 Å². The fraction of sp³-hybridized carbons (Fsp3) is 0.500. The van der Waals surface area contributed by atoms with Crippen LogP contribution in [0.4, 0.5) is 0 Å². The summed E-state index contributed by atoms with van der Waals surface area (Å²) in [6.45, 7) is 5.40. The number of rotatable bonds is 3. The minimum Gasteiger partial charge on any atom is -0.441 e. The Morgan fingerprint density at radius 3 is 2.83 bits per heavy atom. The van der Waals surface area contributed by atoms with Gasteiger partial charge in [-0.25, -0.2) is 4.98 Å². The molecule has 1 aromatic heterocycles. The van der Waals surface area contributed by atoms with E-state index in [9.17, 15) is 0 Å². The molecule has 1 aliphatic heterocycles. The van der Waals surface area contributed by atoms with Gasteiger partial charge in [0.15, 0.2) is 11.5 Å². The zero-order valence-electron chi connectivity index (χ0n) is 10.8. The van der Waals surface area contributed by atoms with Crippen molar-refractivity contribution in [2.45, 2.75) is 31.7 Å². The molecule has 96 valence electrons. The van der Waals surface area contributed by atoms with Gasteiger partial charge in [-0.2, -0.15) is 0 Å². The van der Waals surface area contributed by atoms with Crippen molar-refractivity contribution in [3.8, 4) is 0 Å². The van der Waals surface area contributed by atoms with E-state index in [2.05, 4.69) is 17.1 Å². The third-order valence-corrected chi connectivity index (χ3v) is 3.58. The number of hydrogen-bond donors (Lipinski definition) is 1. The molecule has 2 N–H and O–H groups in total. The lowest BCUT2D eigenvalue weighted by Gasteiger charge is -2.43. The predicted molar refractivity (Wildman–Crippen MR) is 69.5 cm³/mol. The van der Waals surface area contributed by atoms with Crippen molar-refractivity contribution in [3.05, 3.63) is 29.7 Å². The Morgan fingerprint density at radius 1 is 1.44 bits per heavy atom. The second-order valence-electron chi connectivity index (χ2n) is 5.37. The molecule has 0 spiro atoms. The van der Waals surface area contributed by atoms with Crippen LogP contribution < -0.4 is 5.73 Å². The van der Waals surface area contributed by atoms with Crippen LogP contribution in [0.25, 0.3) is 11.1 Å². The average Bonchev–Trinajstić information content (AvgIpc) is 2.62. The minimum absolute atomic E-state index is 0.0647. The van der Waals surface area contributed by atoms with Crippen LogP contribution in [0.3, 0.4) is 0 Å². The summed E-state index contributed by atoms with van der Waals surface area (Å²) in [7, 11) is 0. The van der Waals surface area contributed by atoms with E-state index in [1.165, 1.54) is 5.56 Å². The van der Waals surface area contributed by atoms with Gasteiger partial charge in [0, 0.05) is 18.4 Å². The lowest BCUT2D eigenvalue weighted by Crippen LogP contribution is -2.49. The fourth-order valence-electron chi connectivity index (χ4n) is 2.74. The van der Waals surface area contributed by atoms with Gasteiger partial charge in [-0.15, -0.1) is 0 Å². The highest BCUT2D eigenvalue weighted by atomic mass is 16.5. The highest BCUT2D eigenvalue weighted by molar-refractivity contribution is 5.74. The van der Waals surface area contributed by atoms with Crippen LogP contribution in [0, 0.1) is 6.92 Å². The lowest BCUT2D eigenvalue weighted by atomic mass is 9.74. The van der Waals surface area contributed by atoms with E-state index in [1.54, 1.807) is 0 Å². The quantitative estimate of drug-likeness (QED) is 0.901. The first kappa shape index (κ1) is 11.7. The summed E-state index contributed by atoms with van der Waals surface area (Å²) in [5.74, 6) is 0.702. The number of ether oxygens (including phenoxy) is 1. The van der Waals surface area contributed by atoms with Crippen LogP contribution in [0.15, 0.2) is 22.6 Å². The molecule has 1 aromatic carbocycles. The smallest absolute Gasteiger partial charge is 0.192 e. The highest BCUT2D eigenvalue weighted by Gasteiger charge is 2.41. The first-order chi connectivity index (χ1) is 8.59. The molecule has 3 rings (SSSR count). The monoisotopic (exact) mass is 246 g/mol. The Hall–Kier alpha value is -1.39. The van der Waals surface area contributed by atoms with Gasteiger partial charge in [0.2, 0.25) is 0 Å². The minimum atomic E-state index is 0.0647. The topological polar surface area (TPSA) is 61.3 Å². The van der Waals surface area contributed by atoms with Gasteiger partial charge >= 0.3 is 0 Å². The molecule has 1 unspecified atom stereocenters. The molecule has 0 saturated carbocycles. The molecule has 2 heterocycles. The Labute approximate surface area is 106 Å². The highest BCUT2D eigenvalue weighted by Crippen LogP contribution is 2.37. The molecule has 0 radical (unpaired) electrons. The summed E-state index contributed by atoms with van der Waals surface area (Å²) in [6.07, 6.45) is 0.940. The molecular weight excluding hydrogens is 228 g/mol. The molecule has 1 atom stereocenters. The molecule has 1 aliphatic rings. The number of nitrogens with zero attached hydrogens (tertiary/aromatic N) is 1. The maximum absolute atomic E-state index is 5.95. The largest absolute Gasteiger partial charge is 0.441 e. The van der Waals surface area contributed by atoms with Gasteiger partial charge in [-0.1, -0.05) is 6.07 Å². The summed E-state index contributed by atoms with van der Waals surface area (Å²) in [4.78, 5) is 4.39. The normalized spacial score (nSPS) is 19.7. The second kappa shape index (κ2) is 4.07. The number of fused-ring (bicyclic) bond motifs is 1. The number of hydrogen-bond acceptors (Lipinski definition) is 4. The van der Waals surface area contributed by atoms with Crippen molar-refractivity contribution < 1.29 is 9.15 Å². The van der Waals surface area contributed by atoms with E-state index >= 15 is 0 Å². The second-order valence-corrected chi connectivity index (χ2v) is 5.37. The molecular formula is C14H18N2O2. The van der Waals surface area contributed by atoms with E-state index < -0.39 is 0 Å². The lowest BCUT2D eigenvalue weighted by molar-refractivity contribution is -0.0664. The van der Waals surface area contributed by atoms with Crippen molar-refractivity contribution in [2.24, 2.45) is 5.73 Å². The predicted octanol–water partition coefficient (Wildman–Crippen LogP) is 2.14. The molecule has 4 heteroatoms. The van der Waals surface area contributed by atoms with Crippen molar-refractivity contribution >= 4 is 11.1 Å². The molecule has 1 saturated heterocycles. The summed E-state index contributed by atoms with van der Waals surface area (Å²) in [5.41, 5.74) is 9.03. The standard InChI is InChI=1S/C14H18N2O2/c1-9(15)6-14(7-17-8-14)11-3-4-13-12(5-11)16-10(2)18-13/h3-5,9H,6-8,15H2,1-2H3. The van der Waals surface area contributed by atoms with E-state index in [-0.39, 0.29) is 11.5 Å². The van der Waals surface area contributed by atoms with E-state index in [0.717, 1.165) is 30.7 Å². The first-order valence-electron chi connectivity index (χ1n) is 6.30. The third-order valence-electron chi connectivity index (χ3n) is 3.58. The van der Waals surface area contributed by atoms with Gasteiger partial charge in [0.1, 0.15) is 5.52 Å². The summed E-state index contributed by atoms with van der Waals surface area (Å²) in [5, 5.41) is 0. The van der Waals surface area contributed by atoms with Crippen LogP contribution in [0.2, 0.25) is 0 Å². The SMILES string of the molecule is Cc1nc2cc(C3(CC(C)N)COC3)ccc2o1. The fourth-order valence-corrected chi connectivity index (χ4v) is 2.74. The van der Waals surface area contributed by atoms with Gasteiger partial charge in [0.25, 0.3) is 0 Å². The molecule has 0 amide bonds. The maximum atomic E-state index is 5.95. The number of oxazole rings is 1. The number of benzene rings is 1. The summed E-state index contributed by atoms with van der Waals surface area (Å²) >= 11 is 0.